The Kier molecular flexibility index (Phi) is 4.90. The van der Waals surface area contributed by atoms with E-state index in [2.05, 4.69) is 13.2 Å². The first-order chi connectivity index (χ1) is 8.35. The molecule has 0 bridgehead atoms. The zero-order chi connectivity index (χ0) is 12.0. The molecule has 2 heteroatoms. The predicted octanol–water partition coefficient (Wildman–Crippen LogP) is 4.06. The molecule has 0 unspecified atom stereocenters. The molecule has 1 heterocycles. The summed E-state index contributed by atoms with van der Waals surface area (Å²) in [7, 11) is 0. The van der Waals surface area contributed by atoms with Crippen LogP contribution in [0.3, 0.4) is 0 Å². The van der Waals surface area contributed by atoms with Gasteiger partial charge in [0.1, 0.15) is 0 Å². The quantitative estimate of drug-likeness (QED) is 0.688. The van der Waals surface area contributed by atoms with Gasteiger partial charge in [0.2, 0.25) is 0 Å². The van der Waals surface area contributed by atoms with E-state index in [9.17, 15) is 0 Å². The van der Waals surface area contributed by atoms with Crippen molar-refractivity contribution in [3.8, 4) is 0 Å². The minimum absolute atomic E-state index is 0.379. The van der Waals surface area contributed by atoms with Gasteiger partial charge in [-0.15, -0.1) is 0 Å². The van der Waals surface area contributed by atoms with Crippen LogP contribution in [0.4, 0.5) is 0 Å². The van der Waals surface area contributed by atoms with Crippen molar-refractivity contribution in [1.82, 2.24) is 0 Å². The van der Waals surface area contributed by atoms with Crippen LogP contribution in [0.2, 0.25) is 0 Å². The van der Waals surface area contributed by atoms with Gasteiger partial charge in [-0.2, -0.15) is 0 Å². The average Bonchev–Trinajstić information content (AvgIpc) is 2.41. The fraction of sp³-hybridized carbons (Fsp3) is 0.867. The molecular weight excluding hydrogens is 212 g/mol. The van der Waals surface area contributed by atoms with E-state index in [0.29, 0.717) is 5.41 Å². The summed E-state index contributed by atoms with van der Waals surface area (Å²) in [5.74, 6) is 0. The number of hydrogen-bond donors (Lipinski definition) is 0. The Labute approximate surface area is 105 Å². The van der Waals surface area contributed by atoms with Crippen LogP contribution in [0, 0.1) is 5.41 Å². The van der Waals surface area contributed by atoms with Gasteiger partial charge < -0.3 is 9.47 Å². The molecular formula is C15H26O2. The summed E-state index contributed by atoms with van der Waals surface area (Å²) in [6.45, 7) is 4.99. The van der Waals surface area contributed by atoms with E-state index in [1.807, 2.05) is 0 Å². The number of rotatable bonds is 4. The van der Waals surface area contributed by atoms with Crippen molar-refractivity contribution in [3.05, 3.63) is 11.8 Å². The molecule has 0 radical (unpaired) electrons. The van der Waals surface area contributed by atoms with E-state index >= 15 is 0 Å². The fourth-order valence-electron chi connectivity index (χ4n) is 2.86. The molecule has 0 amide bonds. The molecule has 17 heavy (non-hydrogen) atoms. The zero-order valence-corrected chi connectivity index (χ0v) is 11.2. The lowest BCUT2D eigenvalue weighted by Gasteiger charge is -2.35. The summed E-state index contributed by atoms with van der Waals surface area (Å²) in [4.78, 5) is 0. The molecule has 1 saturated carbocycles. The van der Waals surface area contributed by atoms with Crippen LogP contribution >= 0.6 is 0 Å². The second-order valence-electron chi connectivity index (χ2n) is 5.61. The molecule has 1 aliphatic carbocycles. The molecule has 2 fully saturated rings. The number of allylic oxidation sites excluding steroid dienone is 1. The summed E-state index contributed by atoms with van der Waals surface area (Å²) >= 11 is 0. The molecule has 0 spiro atoms. The first kappa shape index (κ1) is 12.9. The van der Waals surface area contributed by atoms with E-state index in [4.69, 9.17) is 9.47 Å². The fourth-order valence-corrected chi connectivity index (χ4v) is 2.86. The third-order valence-corrected chi connectivity index (χ3v) is 4.44. The third-order valence-electron chi connectivity index (χ3n) is 4.44. The molecule has 0 aromatic carbocycles. The Morgan fingerprint density at radius 1 is 1.18 bits per heavy atom. The Balaban J connectivity index is 1.78. The molecule has 0 atom stereocenters. The lowest BCUT2D eigenvalue weighted by Crippen LogP contribution is -2.33. The lowest BCUT2D eigenvalue weighted by atomic mass is 9.79. The average molecular weight is 238 g/mol. The van der Waals surface area contributed by atoms with E-state index in [1.165, 1.54) is 44.1 Å². The SMILES string of the molecule is CCC1(COC=C2CCCCC2)CCOCC1. The maximum atomic E-state index is 5.89. The highest BCUT2D eigenvalue weighted by Gasteiger charge is 2.31. The van der Waals surface area contributed by atoms with Gasteiger partial charge in [0.25, 0.3) is 0 Å². The van der Waals surface area contributed by atoms with Crippen LogP contribution in [-0.4, -0.2) is 19.8 Å². The normalized spacial score (nSPS) is 24.4. The van der Waals surface area contributed by atoms with Gasteiger partial charge in [-0.1, -0.05) is 13.3 Å². The summed E-state index contributed by atoms with van der Waals surface area (Å²) in [6.07, 6.45) is 12.2. The zero-order valence-electron chi connectivity index (χ0n) is 11.2. The minimum Gasteiger partial charge on any atom is -0.501 e. The van der Waals surface area contributed by atoms with Gasteiger partial charge in [0.05, 0.1) is 12.9 Å². The van der Waals surface area contributed by atoms with E-state index in [-0.39, 0.29) is 0 Å². The van der Waals surface area contributed by atoms with E-state index < -0.39 is 0 Å². The van der Waals surface area contributed by atoms with Gasteiger partial charge >= 0.3 is 0 Å². The van der Waals surface area contributed by atoms with E-state index in [1.54, 1.807) is 0 Å². The first-order valence-corrected chi connectivity index (χ1v) is 7.22. The van der Waals surface area contributed by atoms with Crippen LogP contribution in [-0.2, 0) is 9.47 Å². The molecule has 0 aromatic rings. The van der Waals surface area contributed by atoms with Crippen molar-refractivity contribution >= 4 is 0 Å². The van der Waals surface area contributed by atoms with Crippen LogP contribution in [0.5, 0.6) is 0 Å². The monoisotopic (exact) mass is 238 g/mol. The molecule has 98 valence electrons. The van der Waals surface area contributed by atoms with Crippen molar-refractivity contribution in [2.24, 2.45) is 5.41 Å². The highest BCUT2D eigenvalue weighted by Crippen LogP contribution is 2.34. The summed E-state index contributed by atoms with van der Waals surface area (Å²) in [6, 6.07) is 0. The lowest BCUT2D eigenvalue weighted by molar-refractivity contribution is -0.0219. The van der Waals surface area contributed by atoms with Crippen LogP contribution in [0.1, 0.15) is 58.3 Å². The molecule has 0 aromatic heterocycles. The maximum Gasteiger partial charge on any atom is 0.0931 e. The second kappa shape index (κ2) is 6.44. The van der Waals surface area contributed by atoms with Crippen LogP contribution < -0.4 is 0 Å². The molecule has 1 aliphatic heterocycles. The summed E-state index contributed by atoms with van der Waals surface area (Å²) in [5.41, 5.74) is 1.90. The van der Waals surface area contributed by atoms with Crippen LogP contribution in [0.15, 0.2) is 11.8 Å². The smallest absolute Gasteiger partial charge is 0.0931 e. The summed E-state index contributed by atoms with van der Waals surface area (Å²) in [5, 5.41) is 0. The second-order valence-corrected chi connectivity index (χ2v) is 5.61. The highest BCUT2D eigenvalue weighted by molar-refractivity contribution is 5.00. The number of ether oxygens (including phenoxy) is 2. The molecule has 2 rings (SSSR count). The maximum absolute atomic E-state index is 5.89. The Bertz CT molecular complexity index is 244. The van der Waals surface area contributed by atoms with E-state index in [0.717, 1.165) is 32.7 Å². The molecule has 2 nitrogen and oxygen atoms in total. The van der Waals surface area contributed by atoms with Crippen molar-refractivity contribution < 1.29 is 9.47 Å². The van der Waals surface area contributed by atoms with Gasteiger partial charge in [0, 0.05) is 18.6 Å². The van der Waals surface area contributed by atoms with Gasteiger partial charge in [-0.3, -0.25) is 0 Å². The van der Waals surface area contributed by atoms with Crippen molar-refractivity contribution in [2.45, 2.75) is 58.3 Å². The van der Waals surface area contributed by atoms with Crippen molar-refractivity contribution in [3.63, 3.8) is 0 Å². The van der Waals surface area contributed by atoms with Gasteiger partial charge in [-0.05, 0) is 50.5 Å². The summed E-state index contributed by atoms with van der Waals surface area (Å²) < 4.78 is 11.3. The van der Waals surface area contributed by atoms with Crippen LogP contribution in [0.25, 0.3) is 0 Å². The van der Waals surface area contributed by atoms with Gasteiger partial charge in [0.15, 0.2) is 0 Å². The minimum atomic E-state index is 0.379. The molecule has 1 saturated heterocycles. The standard InChI is InChI=1S/C15H26O2/c1-2-15(8-10-16-11-9-15)13-17-12-14-6-4-3-5-7-14/h12H,2-11,13H2,1H3. The Morgan fingerprint density at radius 2 is 1.88 bits per heavy atom. The number of hydrogen-bond acceptors (Lipinski definition) is 2. The first-order valence-electron chi connectivity index (χ1n) is 7.22. The molecule has 2 aliphatic rings. The van der Waals surface area contributed by atoms with Crippen molar-refractivity contribution in [1.29, 1.82) is 0 Å². The van der Waals surface area contributed by atoms with Gasteiger partial charge in [-0.25, -0.2) is 0 Å². The highest BCUT2D eigenvalue weighted by atomic mass is 16.5. The topological polar surface area (TPSA) is 18.5 Å². The third kappa shape index (κ3) is 3.74. The largest absolute Gasteiger partial charge is 0.501 e. The predicted molar refractivity (Wildman–Crippen MR) is 69.9 cm³/mol. The molecule has 0 N–H and O–H groups in total. The Hall–Kier alpha value is -0.500. The Morgan fingerprint density at radius 3 is 2.53 bits per heavy atom. The van der Waals surface area contributed by atoms with Crippen molar-refractivity contribution in [2.75, 3.05) is 19.8 Å².